The summed E-state index contributed by atoms with van der Waals surface area (Å²) in [7, 11) is -3.43. The van der Waals surface area contributed by atoms with E-state index in [1.807, 2.05) is 0 Å². The quantitative estimate of drug-likeness (QED) is 0.463. The second-order valence-corrected chi connectivity index (χ2v) is 8.25. The van der Waals surface area contributed by atoms with Crippen molar-refractivity contribution in [2.75, 3.05) is 0 Å². The number of halogens is 4. The van der Waals surface area contributed by atoms with Gasteiger partial charge in [-0.2, -0.15) is 24.3 Å². The fraction of sp³-hybridized carbons (Fsp3) is 1.00. The molecule has 0 saturated heterocycles. The minimum Gasteiger partial charge on any atom is -0.175 e. The van der Waals surface area contributed by atoms with Crippen LogP contribution in [0.15, 0.2) is 0 Å². The van der Waals surface area contributed by atoms with Crippen LogP contribution in [0.25, 0.3) is 0 Å². The Kier molecular flexibility index (Phi) is 3.22. The Labute approximate surface area is 64.1 Å². The predicted molar refractivity (Wildman–Crippen MR) is 38.6 cm³/mol. The average Bonchev–Trinajstić information content (AvgIpc) is 1.84. The molecule has 5 heteroatoms. The Morgan fingerprint density at radius 2 is 1.50 bits per heavy atom. The van der Waals surface area contributed by atoms with Crippen LogP contribution in [-0.2, 0) is 0 Å². The summed E-state index contributed by atoms with van der Waals surface area (Å²) >= 11 is 5.40. The molecule has 0 spiro atoms. The molecular formula is C5H10ClF3Si. The molecule has 0 aromatic heterocycles. The molecule has 62 valence electrons. The molecule has 0 N–H and O–H groups in total. The third-order valence-electron chi connectivity index (χ3n) is 1.63. The van der Waals surface area contributed by atoms with Crippen molar-refractivity contribution in [2.24, 2.45) is 0 Å². The third kappa shape index (κ3) is 1.89. The van der Waals surface area contributed by atoms with Crippen molar-refractivity contribution in [2.45, 2.75) is 31.7 Å². The van der Waals surface area contributed by atoms with Crippen molar-refractivity contribution < 1.29 is 13.2 Å². The molecule has 0 saturated carbocycles. The van der Waals surface area contributed by atoms with E-state index in [9.17, 15) is 13.2 Å². The normalized spacial score (nSPS) is 13.8. The van der Waals surface area contributed by atoms with Crippen molar-refractivity contribution in [1.29, 1.82) is 0 Å². The standard InChI is InChI=1S/C5H10ClF3Si/c1-3-10(6,4-2)5(7,8)9/h3-4H2,1-2H3. The van der Waals surface area contributed by atoms with E-state index in [-0.39, 0.29) is 12.1 Å². The Morgan fingerprint density at radius 3 is 1.50 bits per heavy atom. The van der Waals surface area contributed by atoms with Crippen LogP contribution in [0.1, 0.15) is 13.8 Å². The largest absolute Gasteiger partial charge is 0.377 e. The maximum Gasteiger partial charge on any atom is 0.377 e. The molecule has 0 amide bonds. The second-order valence-electron chi connectivity index (χ2n) is 2.17. The summed E-state index contributed by atoms with van der Waals surface area (Å²) in [6.45, 7) is 2.99. The fourth-order valence-electron chi connectivity index (χ4n) is 0.651. The molecule has 0 fully saturated rings. The van der Waals surface area contributed by atoms with Gasteiger partial charge in [-0.3, -0.25) is 0 Å². The van der Waals surface area contributed by atoms with Gasteiger partial charge in [0.15, 0.2) is 0 Å². The lowest BCUT2D eigenvalue weighted by atomic mass is 10.9. The van der Waals surface area contributed by atoms with Crippen LogP contribution < -0.4 is 0 Å². The van der Waals surface area contributed by atoms with Gasteiger partial charge in [-0.15, -0.1) is 0 Å². The first-order valence-corrected chi connectivity index (χ1v) is 6.55. The van der Waals surface area contributed by atoms with E-state index in [1.165, 1.54) is 13.8 Å². The number of hydrogen-bond donors (Lipinski definition) is 0. The highest BCUT2D eigenvalue weighted by Crippen LogP contribution is 2.37. The van der Waals surface area contributed by atoms with E-state index in [4.69, 9.17) is 11.1 Å². The summed E-state index contributed by atoms with van der Waals surface area (Å²) in [6, 6.07) is 0.128. The first kappa shape index (κ1) is 10.3. The molecule has 0 nitrogen and oxygen atoms in total. The maximum absolute atomic E-state index is 12.0. The Bertz CT molecular complexity index is 108. The van der Waals surface area contributed by atoms with Crippen LogP contribution in [0.5, 0.6) is 0 Å². The van der Waals surface area contributed by atoms with E-state index in [0.29, 0.717) is 0 Å². The summed E-state index contributed by atoms with van der Waals surface area (Å²) in [6.07, 6.45) is 0. The lowest BCUT2D eigenvalue weighted by molar-refractivity contribution is -0.0541. The second kappa shape index (κ2) is 3.13. The van der Waals surface area contributed by atoms with Crippen LogP contribution in [-0.4, -0.2) is 13.2 Å². The first-order chi connectivity index (χ1) is 4.37. The molecule has 0 aliphatic heterocycles. The molecule has 0 aromatic carbocycles. The van der Waals surface area contributed by atoms with Crippen molar-refractivity contribution >= 4 is 18.5 Å². The van der Waals surface area contributed by atoms with Crippen molar-refractivity contribution in [3.63, 3.8) is 0 Å². The van der Waals surface area contributed by atoms with Gasteiger partial charge < -0.3 is 0 Å². The van der Waals surface area contributed by atoms with Crippen LogP contribution >= 0.6 is 11.1 Å². The summed E-state index contributed by atoms with van der Waals surface area (Å²) < 4.78 is 36.1. The fourth-order valence-corrected chi connectivity index (χ4v) is 1.95. The Hall–Kier alpha value is 0.297. The molecule has 0 heterocycles. The van der Waals surface area contributed by atoms with E-state index in [0.717, 1.165) is 0 Å². The SMILES string of the molecule is CC[Si](Cl)(CC)C(F)(F)F. The highest BCUT2D eigenvalue weighted by atomic mass is 35.6. The van der Waals surface area contributed by atoms with Crippen LogP contribution in [0.3, 0.4) is 0 Å². The van der Waals surface area contributed by atoms with Gasteiger partial charge in [0, 0.05) is 0 Å². The van der Waals surface area contributed by atoms with Crippen molar-refractivity contribution in [3.05, 3.63) is 0 Å². The number of rotatable bonds is 2. The molecule has 0 aliphatic carbocycles. The lowest BCUT2D eigenvalue weighted by Crippen LogP contribution is -2.43. The molecule has 0 aromatic rings. The van der Waals surface area contributed by atoms with Crippen LogP contribution in [0.2, 0.25) is 12.1 Å². The zero-order valence-electron chi connectivity index (χ0n) is 5.93. The lowest BCUT2D eigenvalue weighted by Gasteiger charge is -2.23. The molecule has 0 bridgehead atoms. The predicted octanol–water partition coefficient (Wildman–Crippen LogP) is 3.31. The number of alkyl halides is 3. The zero-order valence-corrected chi connectivity index (χ0v) is 7.68. The van der Waals surface area contributed by atoms with Gasteiger partial charge in [-0.1, -0.05) is 13.8 Å². The molecular weight excluding hydrogens is 181 g/mol. The van der Waals surface area contributed by atoms with Gasteiger partial charge in [0.2, 0.25) is 0 Å². The van der Waals surface area contributed by atoms with E-state index < -0.39 is 13.2 Å². The molecule has 0 aliphatic rings. The van der Waals surface area contributed by atoms with Gasteiger partial charge in [-0.25, -0.2) is 0 Å². The van der Waals surface area contributed by atoms with E-state index in [1.54, 1.807) is 0 Å². The van der Waals surface area contributed by atoms with E-state index >= 15 is 0 Å². The Balaban J connectivity index is 4.33. The minimum atomic E-state index is -4.14. The molecule has 0 unspecified atom stereocenters. The monoisotopic (exact) mass is 190 g/mol. The summed E-state index contributed by atoms with van der Waals surface area (Å²) in [5.41, 5.74) is 0. The summed E-state index contributed by atoms with van der Waals surface area (Å²) in [5, 5.41) is 0. The third-order valence-corrected chi connectivity index (χ3v) is 7.13. The molecule has 10 heavy (non-hydrogen) atoms. The molecule has 0 radical (unpaired) electrons. The Morgan fingerprint density at radius 1 is 1.20 bits per heavy atom. The average molecular weight is 191 g/mol. The molecule has 0 rings (SSSR count). The van der Waals surface area contributed by atoms with Crippen molar-refractivity contribution in [1.82, 2.24) is 0 Å². The van der Waals surface area contributed by atoms with Gasteiger partial charge in [-0.05, 0) is 12.1 Å². The maximum atomic E-state index is 12.0. The first-order valence-electron chi connectivity index (χ1n) is 3.13. The van der Waals surface area contributed by atoms with Gasteiger partial charge in [0.1, 0.15) is 0 Å². The smallest absolute Gasteiger partial charge is 0.175 e. The van der Waals surface area contributed by atoms with Gasteiger partial charge >= 0.3 is 5.80 Å². The van der Waals surface area contributed by atoms with Gasteiger partial charge in [0.25, 0.3) is 7.38 Å². The van der Waals surface area contributed by atoms with Crippen LogP contribution in [0, 0.1) is 0 Å². The van der Waals surface area contributed by atoms with Gasteiger partial charge in [0.05, 0.1) is 0 Å². The highest BCUT2D eigenvalue weighted by Gasteiger charge is 2.53. The van der Waals surface area contributed by atoms with E-state index in [2.05, 4.69) is 0 Å². The summed E-state index contributed by atoms with van der Waals surface area (Å²) in [5.74, 6) is -4.14. The highest BCUT2D eigenvalue weighted by molar-refractivity contribution is 7.21. The molecule has 0 atom stereocenters. The minimum absolute atomic E-state index is 0.0640. The van der Waals surface area contributed by atoms with Crippen LogP contribution in [0.4, 0.5) is 13.2 Å². The zero-order chi connectivity index (χ0) is 8.41. The topological polar surface area (TPSA) is 0 Å². The number of hydrogen-bond acceptors (Lipinski definition) is 0. The van der Waals surface area contributed by atoms with Crippen molar-refractivity contribution in [3.8, 4) is 0 Å². The summed E-state index contributed by atoms with van der Waals surface area (Å²) in [4.78, 5) is 0.